The molecular weight excluding hydrogens is 258 g/mol. The Morgan fingerprint density at radius 2 is 1.89 bits per heavy atom. The molecule has 0 aliphatic heterocycles. The monoisotopic (exact) mass is 279 g/mol. The van der Waals surface area contributed by atoms with Gasteiger partial charge < -0.3 is 9.73 Å². The Kier molecular flexibility index (Phi) is 4.71. The number of aryl methyl sites for hydroxylation is 2. The maximum atomic E-state index is 5.65. The van der Waals surface area contributed by atoms with Crippen LogP contribution in [0.4, 0.5) is 0 Å². The number of aromatic nitrogens is 2. The van der Waals surface area contributed by atoms with Crippen LogP contribution in [0.25, 0.3) is 10.6 Å². The zero-order valence-electron chi connectivity index (χ0n) is 12.0. The van der Waals surface area contributed by atoms with E-state index in [1.165, 1.54) is 5.56 Å². The fraction of sp³-hybridized carbons (Fsp3) is 0.571. The van der Waals surface area contributed by atoms with Gasteiger partial charge in [0, 0.05) is 18.5 Å². The molecule has 0 bridgehead atoms. The zero-order chi connectivity index (χ0) is 13.8. The topological polar surface area (TPSA) is 51.0 Å². The first-order valence-electron chi connectivity index (χ1n) is 6.73. The predicted molar refractivity (Wildman–Crippen MR) is 78.7 cm³/mol. The summed E-state index contributed by atoms with van der Waals surface area (Å²) in [6.07, 6.45) is 2.10. The third kappa shape index (κ3) is 3.22. The third-order valence-electron chi connectivity index (χ3n) is 3.18. The second-order valence-corrected chi connectivity index (χ2v) is 5.78. The summed E-state index contributed by atoms with van der Waals surface area (Å²) < 4.78 is 5.65. The molecule has 0 saturated heterocycles. The largest absolute Gasteiger partial charge is 0.466 e. The zero-order valence-corrected chi connectivity index (χ0v) is 12.9. The van der Waals surface area contributed by atoms with Crippen LogP contribution in [0.2, 0.25) is 0 Å². The minimum atomic E-state index is 0.932. The summed E-state index contributed by atoms with van der Waals surface area (Å²) in [5, 5.41) is 14.0. The fourth-order valence-electron chi connectivity index (χ4n) is 2.06. The van der Waals surface area contributed by atoms with Crippen LogP contribution in [0.3, 0.4) is 0 Å². The minimum Gasteiger partial charge on any atom is -0.466 e. The average Bonchev–Trinajstić information content (AvgIpc) is 2.91. The van der Waals surface area contributed by atoms with Gasteiger partial charge in [-0.3, -0.25) is 0 Å². The summed E-state index contributed by atoms with van der Waals surface area (Å²) in [5.41, 5.74) is 2.28. The molecule has 5 heteroatoms. The molecule has 0 atom stereocenters. The van der Waals surface area contributed by atoms with E-state index in [2.05, 4.69) is 29.4 Å². The summed E-state index contributed by atoms with van der Waals surface area (Å²) >= 11 is 1.66. The fourth-order valence-corrected chi connectivity index (χ4v) is 3.05. The number of hydrogen-bond acceptors (Lipinski definition) is 5. The molecule has 1 N–H and O–H groups in total. The van der Waals surface area contributed by atoms with Gasteiger partial charge >= 0.3 is 0 Å². The summed E-state index contributed by atoms with van der Waals surface area (Å²) in [7, 11) is 0. The lowest BCUT2D eigenvalue weighted by atomic mass is 10.1. The smallest absolute Gasteiger partial charge is 0.151 e. The van der Waals surface area contributed by atoms with Crippen molar-refractivity contribution in [1.29, 1.82) is 0 Å². The molecule has 2 aromatic rings. The molecule has 2 rings (SSSR count). The molecule has 19 heavy (non-hydrogen) atoms. The Hall–Kier alpha value is -1.20. The van der Waals surface area contributed by atoms with Gasteiger partial charge in [-0.1, -0.05) is 18.3 Å². The Labute approximate surface area is 118 Å². The van der Waals surface area contributed by atoms with Crippen molar-refractivity contribution in [3.63, 3.8) is 0 Å². The van der Waals surface area contributed by atoms with Gasteiger partial charge in [-0.05, 0) is 33.7 Å². The van der Waals surface area contributed by atoms with Crippen molar-refractivity contribution in [2.75, 3.05) is 13.1 Å². The van der Waals surface area contributed by atoms with Crippen molar-refractivity contribution in [3.05, 3.63) is 22.1 Å². The molecule has 0 aromatic carbocycles. The van der Waals surface area contributed by atoms with Crippen molar-refractivity contribution < 1.29 is 4.42 Å². The maximum absolute atomic E-state index is 5.65. The highest BCUT2D eigenvalue weighted by Gasteiger charge is 2.17. The highest BCUT2D eigenvalue weighted by atomic mass is 32.1. The van der Waals surface area contributed by atoms with Crippen LogP contribution in [-0.4, -0.2) is 23.3 Å². The van der Waals surface area contributed by atoms with Crippen LogP contribution in [0.15, 0.2) is 4.42 Å². The summed E-state index contributed by atoms with van der Waals surface area (Å²) in [6.45, 7) is 10.2. The number of nitrogens with one attached hydrogen (secondary N) is 1. The van der Waals surface area contributed by atoms with E-state index in [0.717, 1.165) is 53.0 Å². The number of hydrogen-bond donors (Lipinski definition) is 1. The second kappa shape index (κ2) is 6.30. The highest BCUT2D eigenvalue weighted by Crippen LogP contribution is 2.33. The quantitative estimate of drug-likeness (QED) is 0.825. The third-order valence-corrected chi connectivity index (χ3v) is 4.18. The second-order valence-electron chi connectivity index (χ2n) is 4.72. The van der Waals surface area contributed by atoms with E-state index < -0.39 is 0 Å². The van der Waals surface area contributed by atoms with E-state index >= 15 is 0 Å². The Morgan fingerprint density at radius 1 is 1.11 bits per heavy atom. The lowest BCUT2D eigenvalue weighted by molar-refractivity contribution is 0.503. The van der Waals surface area contributed by atoms with Gasteiger partial charge in [-0.2, -0.15) is 0 Å². The highest BCUT2D eigenvalue weighted by molar-refractivity contribution is 7.14. The van der Waals surface area contributed by atoms with E-state index in [1.54, 1.807) is 11.3 Å². The Morgan fingerprint density at radius 3 is 2.53 bits per heavy atom. The maximum Gasteiger partial charge on any atom is 0.151 e. The number of furan rings is 1. The van der Waals surface area contributed by atoms with Gasteiger partial charge in [0.05, 0.1) is 5.56 Å². The first-order chi connectivity index (χ1) is 9.13. The van der Waals surface area contributed by atoms with E-state index in [1.807, 2.05) is 13.8 Å². The van der Waals surface area contributed by atoms with Crippen molar-refractivity contribution in [2.24, 2.45) is 0 Å². The summed E-state index contributed by atoms with van der Waals surface area (Å²) in [5.74, 6) is 1.90. The molecule has 4 nitrogen and oxygen atoms in total. The molecule has 0 aliphatic carbocycles. The van der Waals surface area contributed by atoms with Crippen LogP contribution >= 0.6 is 11.3 Å². The molecule has 0 unspecified atom stereocenters. The van der Waals surface area contributed by atoms with Gasteiger partial charge in [0.1, 0.15) is 16.5 Å². The van der Waals surface area contributed by atoms with Crippen molar-refractivity contribution in [3.8, 4) is 10.6 Å². The van der Waals surface area contributed by atoms with Gasteiger partial charge in [-0.25, -0.2) is 0 Å². The summed E-state index contributed by atoms with van der Waals surface area (Å²) in [6, 6.07) is 0. The molecule has 0 spiro atoms. The molecule has 0 saturated carbocycles. The van der Waals surface area contributed by atoms with Crippen molar-refractivity contribution >= 4 is 11.3 Å². The van der Waals surface area contributed by atoms with E-state index in [-0.39, 0.29) is 0 Å². The molecule has 104 valence electrons. The Balaban J connectivity index is 2.08. The average molecular weight is 279 g/mol. The normalized spacial score (nSPS) is 11.2. The molecule has 0 amide bonds. The minimum absolute atomic E-state index is 0.932. The standard InChI is InChI=1S/C14H21N3OS/c1-5-7-15-8-6-12-16-17-14(19-12)13-9(2)10(3)18-11(13)4/h15H,5-8H2,1-4H3. The molecule has 0 radical (unpaired) electrons. The van der Waals surface area contributed by atoms with Crippen LogP contribution in [0, 0.1) is 20.8 Å². The molecule has 0 fully saturated rings. The lowest BCUT2D eigenvalue weighted by Gasteiger charge is -1.98. The first-order valence-corrected chi connectivity index (χ1v) is 7.55. The van der Waals surface area contributed by atoms with E-state index in [9.17, 15) is 0 Å². The van der Waals surface area contributed by atoms with Crippen molar-refractivity contribution in [2.45, 2.75) is 40.5 Å². The lowest BCUT2D eigenvalue weighted by Crippen LogP contribution is -2.17. The predicted octanol–water partition coefficient (Wildman–Crippen LogP) is 3.27. The Bertz CT molecular complexity index is 545. The number of nitrogens with zero attached hydrogens (tertiary/aromatic N) is 2. The number of rotatable bonds is 6. The molecule has 0 aliphatic rings. The van der Waals surface area contributed by atoms with Crippen LogP contribution in [0.1, 0.15) is 35.4 Å². The van der Waals surface area contributed by atoms with E-state index in [0.29, 0.717) is 0 Å². The van der Waals surface area contributed by atoms with Gasteiger partial charge in [0.15, 0.2) is 5.01 Å². The molecule has 2 aromatic heterocycles. The van der Waals surface area contributed by atoms with E-state index in [4.69, 9.17) is 4.42 Å². The SMILES string of the molecule is CCCNCCc1nnc(-c2c(C)oc(C)c2C)s1. The molecular formula is C14H21N3OS. The first kappa shape index (κ1) is 14.2. The van der Waals surface area contributed by atoms with Crippen molar-refractivity contribution in [1.82, 2.24) is 15.5 Å². The van der Waals surface area contributed by atoms with Crippen LogP contribution in [0.5, 0.6) is 0 Å². The van der Waals surface area contributed by atoms with Gasteiger partial charge in [0.2, 0.25) is 0 Å². The van der Waals surface area contributed by atoms with Gasteiger partial charge in [0.25, 0.3) is 0 Å². The van der Waals surface area contributed by atoms with Crippen LogP contribution in [-0.2, 0) is 6.42 Å². The summed E-state index contributed by atoms with van der Waals surface area (Å²) in [4.78, 5) is 0. The van der Waals surface area contributed by atoms with Crippen LogP contribution < -0.4 is 5.32 Å². The molecule has 2 heterocycles. The van der Waals surface area contributed by atoms with Gasteiger partial charge in [-0.15, -0.1) is 10.2 Å².